The van der Waals surface area contributed by atoms with Gasteiger partial charge < -0.3 is 10.4 Å². The van der Waals surface area contributed by atoms with Gasteiger partial charge in [0.05, 0.1) is 6.04 Å². The number of anilines is 1. The van der Waals surface area contributed by atoms with Crippen LogP contribution in [0.4, 0.5) is 5.82 Å². The highest BCUT2D eigenvalue weighted by atomic mass is 16.4. The van der Waals surface area contributed by atoms with Crippen LogP contribution in [0.5, 0.6) is 0 Å². The number of aryl methyl sites for hydroxylation is 1. The molecule has 0 radical (unpaired) electrons. The minimum atomic E-state index is -1.05. The monoisotopic (exact) mass is 204 g/mol. The van der Waals surface area contributed by atoms with E-state index in [4.69, 9.17) is 11.5 Å². The molecule has 1 rings (SSSR count). The third-order valence-corrected chi connectivity index (χ3v) is 1.80. The number of rotatable bonds is 3. The fourth-order valence-corrected chi connectivity index (χ4v) is 1.11. The fraction of sp³-hybridized carbons (Fsp3) is 0.273. The van der Waals surface area contributed by atoms with Crippen LogP contribution in [0.15, 0.2) is 12.1 Å². The number of terminal acetylenes is 1. The Morgan fingerprint density at radius 2 is 2.33 bits per heavy atom. The predicted octanol–water partition coefficient (Wildman–Crippen LogP) is 1.52. The number of nitrogens with zero attached hydrogens (tertiary/aromatic N) is 1. The Morgan fingerprint density at radius 3 is 2.87 bits per heavy atom. The molecule has 0 aromatic carbocycles. The number of hydrogen-bond acceptors (Lipinski definition) is 3. The van der Waals surface area contributed by atoms with E-state index >= 15 is 0 Å². The summed E-state index contributed by atoms with van der Waals surface area (Å²) in [6.45, 7) is 3.60. The molecule has 0 spiro atoms. The number of carboxylic acid groups (broad SMARTS) is 1. The maximum absolute atomic E-state index is 10.7. The average molecular weight is 204 g/mol. The molecule has 2 N–H and O–H groups in total. The Morgan fingerprint density at radius 1 is 1.67 bits per heavy atom. The molecular formula is C11H12N2O2. The normalized spacial score (nSPS) is 11.5. The minimum absolute atomic E-state index is 0.0155. The van der Waals surface area contributed by atoms with Gasteiger partial charge in [0.25, 0.3) is 0 Å². The van der Waals surface area contributed by atoms with E-state index in [-0.39, 0.29) is 11.7 Å². The van der Waals surface area contributed by atoms with Crippen molar-refractivity contribution in [1.29, 1.82) is 0 Å². The number of aromatic carboxylic acids is 1. The van der Waals surface area contributed by atoms with Gasteiger partial charge in [-0.05, 0) is 31.5 Å². The second-order valence-corrected chi connectivity index (χ2v) is 3.25. The van der Waals surface area contributed by atoms with Gasteiger partial charge in [0.15, 0.2) is 5.69 Å². The number of hydrogen-bond donors (Lipinski definition) is 2. The van der Waals surface area contributed by atoms with Crippen molar-refractivity contribution >= 4 is 11.8 Å². The molecule has 0 saturated heterocycles. The van der Waals surface area contributed by atoms with Gasteiger partial charge in [0, 0.05) is 0 Å². The molecule has 1 aromatic heterocycles. The maximum atomic E-state index is 10.7. The van der Waals surface area contributed by atoms with E-state index in [2.05, 4.69) is 16.2 Å². The van der Waals surface area contributed by atoms with Crippen molar-refractivity contribution in [3.63, 3.8) is 0 Å². The molecule has 0 amide bonds. The van der Waals surface area contributed by atoms with Gasteiger partial charge in [-0.1, -0.05) is 5.92 Å². The first-order valence-corrected chi connectivity index (χ1v) is 4.47. The molecule has 0 bridgehead atoms. The number of nitrogens with one attached hydrogen (secondary N) is 1. The van der Waals surface area contributed by atoms with Crippen LogP contribution in [-0.4, -0.2) is 22.1 Å². The van der Waals surface area contributed by atoms with Crippen molar-refractivity contribution < 1.29 is 9.90 Å². The van der Waals surface area contributed by atoms with Gasteiger partial charge in [-0.2, -0.15) is 0 Å². The van der Waals surface area contributed by atoms with Crippen molar-refractivity contribution in [1.82, 2.24) is 4.98 Å². The summed E-state index contributed by atoms with van der Waals surface area (Å²) in [5, 5.41) is 11.7. The Balaban J connectivity index is 3.00. The molecular weight excluding hydrogens is 192 g/mol. The first-order valence-electron chi connectivity index (χ1n) is 4.47. The van der Waals surface area contributed by atoms with Crippen molar-refractivity contribution in [2.75, 3.05) is 5.32 Å². The highest BCUT2D eigenvalue weighted by Gasteiger charge is 2.07. The molecule has 78 valence electrons. The first-order chi connectivity index (χ1) is 7.02. The summed E-state index contributed by atoms with van der Waals surface area (Å²) in [5.41, 5.74) is 0.843. The standard InChI is InChI=1S/C11H12N2O2/c1-4-8(3)12-10-6-7(2)5-9(13-10)11(14)15/h1,5-6,8H,2-3H3,(H,12,13)(H,14,15). The van der Waals surface area contributed by atoms with Gasteiger partial charge >= 0.3 is 5.97 Å². The van der Waals surface area contributed by atoms with Crippen LogP contribution in [0.2, 0.25) is 0 Å². The zero-order valence-corrected chi connectivity index (χ0v) is 8.61. The van der Waals surface area contributed by atoms with Gasteiger partial charge in [-0.25, -0.2) is 9.78 Å². The minimum Gasteiger partial charge on any atom is -0.477 e. The summed E-state index contributed by atoms with van der Waals surface area (Å²) >= 11 is 0. The fourth-order valence-electron chi connectivity index (χ4n) is 1.11. The van der Waals surface area contributed by atoms with Crippen molar-refractivity contribution in [2.24, 2.45) is 0 Å². The zero-order chi connectivity index (χ0) is 11.4. The summed E-state index contributed by atoms with van der Waals surface area (Å²) in [6, 6.07) is 3.08. The Labute approximate surface area is 88.3 Å². The molecule has 0 saturated carbocycles. The molecule has 1 heterocycles. The van der Waals surface area contributed by atoms with E-state index in [0.29, 0.717) is 5.82 Å². The van der Waals surface area contributed by atoms with Gasteiger partial charge in [0.1, 0.15) is 5.82 Å². The second-order valence-electron chi connectivity index (χ2n) is 3.25. The maximum Gasteiger partial charge on any atom is 0.354 e. The highest BCUT2D eigenvalue weighted by Crippen LogP contribution is 2.10. The van der Waals surface area contributed by atoms with E-state index in [1.54, 1.807) is 19.9 Å². The lowest BCUT2D eigenvalue weighted by Gasteiger charge is -2.09. The third-order valence-electron chi connectivity index (χ3n) is 1.80. The van der Waals surface area contributed by atoms with E-state index in [1.807, 2.05) is 0 Å². The van der Waals surface area contributed by atoms with E-state index < -0.39 is 5.97 Å². The lowest BCUT2D eigenvalue weighted by Crippen LogP contribution is -2.14. The Bertz CT molecular complexity index is 421. The number of carboxylic acids is 1. The molecule has 1 unspecified atom stereocenters. The van der Waals surface area contributed by atoms with Crippen LogP contribution in [0.25, 0.3) is 0 Å². The van der Waals surface area contributed by atoms with Crippen LogP contribution < -0.4 is 5.32 Å². The highest BCUT2D eigenvalue weighted by molar-refractivity contribution is 5.86. The lowest BCUT2D eigenvalue weighted by atomic mass is 10.2. The number of aromatic nitrogens is 1. The molecule has 0 fully saturated rings. The second kappa shape index (κ2) is 4.47. The smallest absolute Gasteiger partial charge is 0.354 e. The van der Waals surface area contributed by atoms with E-state index in [9.17, 15) is 4.79 Å². The zero-order valence-electron chi connectivity index (χ0n) is 8.61. The molecule has 0 aliphatic rings. The number of carbonyl (C=O) groups is 1. The quantitative estimate of drug-likeness (QED) is 0.733. The van der Waals surface area contributed by atoms with Crippen LogP contribution in [0, 0.1) is 19.3 Å². The average Bonchev–Trinajstić information content (AvgIpc) is 2.16. The number of pyridine rings is 1. The van der Waals surface area contributed by atoms with Crippen molar-refractivity contribution in [3.8, 4) is 12.3 Å². The van der Waals surface area contributed by atoms with Crippen LogP contribution >= 0.6 is 0 Å². The lowest BCUT2D eigenvalue weighted by molar-refractivity contribution is 0.0690. The molecule has 1 aromatic rings. The molecule has 4 nitrogen and oxygen atoms in total. The summed E-state index contributed by atoms with van der Waals surface area (Å²) < 4.78 is 0. The van der Waals surface area contributed by atoms with E-state index in [1.165, 1.54) is 6.07 Å². The molecule has 0 aliphatic carbocycles. The Kier molecular flexibility index (Phi) is 3.29. The SMILES string of the molecule is C#CC(C)Nc1cc(C)cc(C(=O)O)n1. The van der Waals surface area contributed by atoms with Crippen molar-refractivity contribution in [3.05, 3.63) is 23.4 Å². The molecule has 15 heavy (non-hydrogen) atoms. The topological polar surface area (TPSA) is 62.2 Å². The van der Waals surface area contributed by atoms with Gasteiger partial charge in [-0.3, -0.25) is 0 Å². The van der Waals surface area contributed by atoms with Crippen LogP contribution in [-0.2, 0) is 0 Å². The van der Waals surface area contributed by atoms with Gasteiger partial charge in [-0.15, -0.1) is 6.42 Å². The summed E-state index contributed by atoms with van der Waals surface area (Å²) in [7, 11) is 0. The van der Waals surface area contributed by atoms with E-state index in [0.717, 1.165) is 5.56 Å². The summed E-state index contributed by atoms with van der Waals surface area (Å²) in [4.78, 5) is 14.6. The molecule has 0 aliphatic heterocycles. The van der Waals surface area contributed by atoms with Gasteiger partial charge in [0.2, 0.25) is 0 Å². The molecule has 4 heteroatoms. The first kappa shape index (κ1) is 11.1. The van der Waals surface area contributed by atoms with Crippen LogP contribution in [0.1, 0.15) is 23.0 Å². The third kappa shape index (κ3) is 2.99. The predicted molar refractivity (Wildman–Crippen MR) is 57.9 cm³/mol. The summed E-state index contributed by atoms with van der Waals surface area (Å²) in [6.07, 6.45) is 5.20. The largest absolute Gasteiger partial charge is 0.477 e. The Hall–Kier alpha value is -2.02. The molecule has 1 atom stereocenters. The summed E-state index contributed by atoms with van der Waals surface area (Å²) in [5.74, 6) is 1.92. The van der Waals surface area contributed by atoms with Crippen molar-refractivity contribution in [2.45, 2.75) is 19.9 Å². The van der Waals surface area contributed by atoms with Crippen LogP contribution in [0.3, 0.4) is 0 Å².